The monoisotopic (exact) mass is 262 g/mol. The number of thioether (sulfide) groups is 1. The molecule has 100 valence electrons. The third kappa shape index (κ3) is 7.90. The minimum Gasteiger partial charge on any atom is -0.481 e. The van der Waals surface area contributed by atoms with E-state index in [0.717, 1.165) is 0 Å². The van der Waals surface area contributed by atoms with E-state index in [0.29, 0.717) is 11.8 Å². The molecule has 0 saturated carbocycles. The Balaban J connectivity index is 3.86. The first kappa shape index (κ1) is 16.1. The van der Waals surface area contributed by atoms with Crippen molar-refractivity contribution in [1.29, 1.82) is 0 Å². The van der Waals surface area contributed by atoms with Crippen molar-refractivity contribution in [2.24, 2.45) is 5.41 Å². The molecule has 0 aromatic carbocycles. The summed E-state index contributed by atoms with van der Waals surface area (Å²) in [6.45, 7) is 7.10. The molecule has 5 nitrogen and oxygen atoms in total. The molecule has 17 heavy (non-hydrogen) atoms. The Morgan fingerprint density at radius 2 is 1.88 bits per heavy atom. The fraction of sp³-hybridized carbons (Fsp3) is 0.818. The summed E-state index contributed by atoms with van der Waals surface area (Å²) in [7, 11) is 0. The standard InChI is InChI=1S/C11H22N2O3S/c1-11(2,3)8(17-4)7-13-10(16)12-6-5-9(14)15/h8H,5-7H2,1-4H3,(H,14,15)(H2,12,13,16). The smallest absolute Gasteiger partial charge is 0.314 e. The van der Waals surface area contributed by atoms with Gasteiger partial charge in [-0.25, -0.2) is 4.79 Å². The molecule has 6 heteroatoms. The number of carboxylic acid groups (broad SMARTS) is 1. The van der Waals surface area contributed by atoms with Crippen LogP contribution in [-0.4, -0.2) is 41.7 Å². The van der Waals surface area contributed by atoms with Crippen LogP contribution in [-0.2, 0) is 4.79 Å². The average molecular weight is 262 g/mol. The summed E-state index contributed by atoms with van der Waals surface area (Å²) in [5.74, 6) is -0.915. The highest BCUT2D eigenvalue weighted by Crippen LogP contribution is 2.27. The Morgan fingerprint density at radius 1 is 1.29 bits per heavy atom. The highest BCUT2D eigenvalue weighted by Gasteiger charge is 2.23. The number of carbonyl (C=O) groups is 2. The molecular weight excluding hydrogens is 240 g/mol. The van der Waals surface area contributed by atoms with Crippen LogP contribution in [0.5, 0.6) is 0 Å². The van der Waals surface area contributed by atoms with Gasteiger partial charge in [-0.3, -0.25) is 4.79 Å². The summed E-state index contributed by atoms with van der Waals surface area (Å²) in [6.07, 6.45) is 1.96. The zero-order valence-corrected chi connectivity index (χ0v) is 11.7. The minimum absolute atomic E-state index is 0.0569. The predicted molar refractivity (Wildman–Crippen MR) is 70.4 cm³/mol. The Kier molecular flexibility index (Phi) is 7.03. The summed E-state index contributed by atoms with van der Waals surface area (Å²) in [5, 5.41) is 14.0. The van der Waals surface area contributed by atoms with E-state index in [-0.39, 0.29) is 24.4 Å². The molecule has 0 aliphatic rings. The van der Waals surface area contributed by atoms with Gasteiger partial charge in [0.1, 0.15) is 0 Å². The molecule has 0 aromatic rings. The van der Waals surface area contributed by atoms with Crippen molar-refractivity contribution >= 4 is 23.8 Å². The fourth-order valence-corrected chi connectivity index (χ4v) is 2.23. The Labute approximate surface area is 107 Å². The van der Waals surface area contributed by atoms with Crippen molar-refractivity contribution in [2.45, 2.75) is 32.4 Å². The second-order valence-electron chi connectivity index (χ2n) is 4.87. The van der Waals surface area contributed by atoms with Crippen LogP contribution in [0.4, 0.5) is 4.79 Å². The molecule has 0 rings (SSSR count). The van der Waals surface area contributed by atoms with Gasteiger partial charge >= 0.3 is 12.0 Å². The molecule has 0 heterocycles. The third-order valence-electron chi connectivity index (χ3n) is 2.32. The zero-order chi connectivity index (χ0) is 13.5. The molecule has 0 aliphatic heterocycles. The van der Waals surface area contributed by atoms with E-state index in [1.165, 1.54) is 0 Å². The molecule has 0 spiro atoms. The van der Waals surface area contributed by atoms with Crippen molar-refractivity contribution < 1.29 is 14.7 Å². The van der Waals surface area contributed by atoms with E-state index in [9.17, 15) is 9.59 Å². The van der Waals surface area contributed by atoms with Crippen molar-refractivity contribution in [3.8, 4) is 0 Å². The largest absolute Gasteiger partial charge is 0.481 e. The van der Waals surface area contributed by atoms with E-state index >= 15 is 0 Å². The number of carboxylic acids is 1. The van der Waals surface area contributed by atoms with Crippen LogP contribution < -0.4 is 10.6 Å². The van der Waals surface area contributed by atoms with E-state index in [1.807, 2.05) is 6.26 Å². The quantitative estimate of drug-likeness (QED) is 0.678. The van der Waals surface area contributed by atoms with Gasteiger partial charge in [0.05, 0.1) is 6.42 Å². The number of aliphatic carboxylic acids is 1. The van der Waals surface area contributed by atoms with Crippen molar-refractivity contribution in [3.05, 3.63) is 0 Å². The lowest BCUT2D eigenvalue weighted by atomic mass is 9.92. The van der Waals surface area contributed by atoms with Crippen LogP contribution >= 0.6 is 11.8 Å². The summed E-state index contributed by atoms with van der Waals surface area (Å²) < 4.78 is 0. The number of amides is 2. The van der Waals surface area contributed by atoms with Gasteiger partial charge in [0.25, 0.3) is 0 Å². The van der Waals surface area contributed by atoms with Crippen molar-refractivity contribution in [1.82, 2.24) is 10.6 Å². The van der Waals surface area contributed by atoms with E-state index in [1.54, 1.807) is 11.8 Å². The lowest BCUT2D eigenvalue weighted by Gasteiger charge is -2.29. The maximum atomic E-state index is 11.3. The molecule has 1 atom stereocenters. The maximum Gasteiger partial charge on any atom is 0.314 e. The Morgan fingerprint density at radius 3 is 2.29 bits per heavy atom. The Hall–Kier alpha value is -0.910. The average Bonchev–Trinajstić information content (AvgIpc) is 2.15. The van der Waals surface area contributed by atoms with Gasteiger partial charge in [0.15, 0.2) is 0 Å². The van der Waals surface area contributed by atoms with Crippen molar-refractivity contribution in [2.75, 3.05) is 19.3 Å². The van der Waals surface area contributed by atoms with Crippen LogP contribution in [0, 0.1) is 5.41 Å². The third-order valence-corrected chi connectivity index (χ3v) is 3.77. The second-order valence-corrected chi connectivity index (χ2v) is 5.91. The Bertz CT molecular complexity index is 264. The first-order valence-electron chi connectivity index (χ1n) is 5.53. The summed E-state index contributed by atoms with van der Waals surface area (Å²) in [5.41, 5.74) is 0.119. The van der Waals surface area contributed by atoms with Crippen LogP contribution in [0.3, 0.4) is 0 Å². The lowest BCUT2D eigenvalue weighted by Crippen LogP contribution is -2.42. The van der Waals surface area contributed by atoms with Crippen LogP contribution in [0.1, 0.15) is 27.2 Å². The molecule has 0 aliphatic carbocycles. The number of hydrogen-bond acceptors (Lipinski definition) is 3. The van der Waals surface area contributed by atoms with E-state index < -0.39 is 5.97 Å². The summed E-state index contributed by atoms with van der Waals surface area (Å²) in [6, 6.07) is -0.311. The molecular formula is C11H22N2O3S. The predicted octanol–water partition coefficient (Wildman–Crippen LogP) is 1.54. The molecule has 0 fully saturated rings. The van der Waals surface area contributed by atoms with Crippen molar-refractivity contribution in [3.63, 3.8) is 0 Å². The lowest BCUT2D eigenvalue weighted by molar-refractivity contribution is -0.136. The number of rotatable bonds is 6. The van der Waals surface area contributed by atoms with Gasteiger partial charge in [-0.05, 0) is 11.7 Å². The molecule has 1 unspecified atom stereocenters. The number of urea groups is 1. The van der Waals surface area contributed by atoms with Gasteiger partial charge in [-0.15, -0.1) is 0 Å². The molecule has 0 saturated heterocycles. The van der Waals surface area contributed by atoms with E-state index in [4.69, 9.17) is 5.11 Å². The molecule has 3 N–H and O–H groups in total. The summed E-state index contributed by atoms with van der Waals surface area (Å²) >= 11 is 1.71. The highest BCUT2D eigenvalue weighted by molar-refractivity contribution is 7.99. The highest BCUT2D eigenvalue weighted by atomic mass is 32.2. The normalized spacial score (nSPS) is 12.9. The minimum atomic E-state index is -0.915. The van der Waals surface area contributed by atoms with Gasteiger partial charge in [-0.2, -0.15) is 11.8 Å². The van der Waals surface area contributed by atoms with Crippen LogP contribution in [0.25, 0.3) is 0 Å². The van der Waals surface area contributed by atoms with E-state index in [2.05, 4.69) is 31.4 Å². The van der Waals surface area contributed by atoms with Crippen LogP contribution in [0.2, 0.25) is 0 Å². The molecule has 2 amide bonds. The number of nitrogens with one attached hydrogen (secondary N) is 2. The number of carbonyl (C=O) groups excluding carboxylic acids is 1. The topological polar surface area (TPSA) is 78.4 Å². The molecule has 0 aromatic heterocycles. The first-order chi connectivity index (χ1) is 7.77. The second kappa shape index (κ2) is 7.42. The number of hydrogen-bond donors (Lipinski definition) is 3. The van der Waals surface area contributed by atoms with Crippen LogP contribution in [0.15, 0.2) is 0 Å². The maximum absolute atomic E-state index is 11.3. The summed E-state index contributed by atoms with van der Waals surface area (Å²) in [4.78, 5) is 21.6. The molecule has 0 radical (unpaired) electrons. The van der Waals surface area contributed by atoms with Gasteiger partial charge in [0.2, 0.25) is 0 Å². The van der Waals surface area contributed by atoms with Gasteiger partial charge < -0.3 is 15.7 Å². The first-order valence-corrected chi connectivity index (χ1v) is 6.82. The zero-order valence-electron chi connectivity index (χ0n) is 10.9. The van der Waals surface area contributed by atoms with Gasteiger partial charge in [0, 0.05) is 18.3 Å². The van der Waals surface area contributed by atoms with Gasteiger partial charge in [-0.1, -0.05) is 20.8 Å². The molecule has 0 bridgehead atoms. The SMILES string of the molecule is CSC(CNC(=O)NCCC(=O)O)C(C)(C)C. The fourth-order valence-electron chi connectivity index (χ4n) is 1.27.